The van der Waals surface area contributed by atoms with Crippen molar-refractivity contribution in [3.05, 3.63) is 65.9 Å². The van der Waals surface area contributed by atoms with E-state index in [4.69, 9.17) is 4.74 Å². The lowest BCUT2D eigenvalue weighted by Crippen LogP contribution is -2.30. The Balaban J connectivity index is 1.53. The molecule has 6 nitrogen and oxygen atoms in total. The Kier molecular flexibility index (Phi) is 3.85. The zero-order chi connectivity index (χ0) is 17.2. The van der Waals surface area contributed by atoms with E-state index in [1.165, 1.54) is 0 Å². The fourth-order valence-electron chi connectivity index (χ4n) is 2.98. The summed E-state index contributed by atoms with van der Waals surface area (Å²) < 4.78 is 5.87. The molecule has 1 saturated heterocycles. The third-order valence-electron chi connectivity index (χ3n) is 4.27. The summed E-state index contributed by atoms with van der Waals surface area (Å²) in [4.78, 5) is 26.2. The number of H-pyrrole nitrogens is 1. The van der Waals surface area contributed by atoms with Crippen molar-refractivity contribution in [1.82, 2.24) is 15.6 Å². The Labute approximate surface area is 144 Å². The lowest BCUT2D eigenvalue weighted by molar-refractivity contribution is -0.120. The van der Waals surface area contributed by atoms with Gasteiger partial charge in [-0.1, -0.05) is 30.3 Å². The monoisotopic (exact) mass is 335 g/mol. The van der Waals surface area contributed by atoms with Crippen molar-refractivity contribution >= 4 is 22.8 Å². The molecule has 0 bridgehead atoms. The molecule has 1 aromatic heterocycles. The third-order valence-corrected chi connectivity index (χ3v) is 4.27. The van der Waals surface area contributed by atoms with Crippen LogP contribution in [0.5, 0.6) is 5.75 Å². The first kappa shape index (κ1) is 15.3. The number of rotatable bonds is 5. The topological polar surface area (TPSA) is 83.2 Å². The molecule has 1 fully saturated rings. The number of aromatic amines is 1. The van der Waals surface area contributed by atoms with Gasteiger partial charge in [0.2, 0.25) is 0 Å². The molecule has 25 heavy (non-hydrogen) atoms. The molecule has 3 aromatic rings. The van der Waals surface area contributed by atoms with E-state index in [1.807, 2.05) is 54.7 Å². The van der Waals surface area contributed by atoms with Gasteiger partial charge in [-0.3, -0.25) is 10.1 Å². The quantitative estimate of drug-likeness (QED) is 0.627. The van der Waals surface area contributed by atoms with Gasteiger partial charge in [-0.25, -0.2) is 4.79 Å². The molecule has 0 spiro atoms. The van der Waals surface area contributed by atoms with Crippen molar-refractivity contribution in [3.8, 4) is 5.75 Å². The van der Waals surface area contributed by atoms with Gasteiger partial charge in [0.05, 0.1) is 0 Å². The van der Waals surface area contributed by atoms with Gasteiger partial charge in [-0.2, -0.15) is 0 Å². The Morgan fingerprint density at radius 3 is 2.64 bits per heavy atom. The molecule has 3 amide bonds. The van der Waals surface area contributed by atoms with Gasteiger partial charge in [0.1, 0.15) is 18.4 Å². The fourth-order valence-corrected chi connectivity index (χ4v) is 2.98. The van der Waals surface area contributed by atoms with Gasteiger partial charge in [0, 0.05) is 23.5 Å². The number of carbonyl (C=O) groups is 2. The molecule has 2 heterocycles. The largest absolute Gasteiger partial charge is 0.489 e. The van der Waals surface area contributed by atoms with Crippen LogP contribution in [0.1, 0.15) is 11.1 Å². The summed E-state index contributed by atoms with van der Waals surface area (Å²) in [5.41, 5.74) is 3.02. The highest BCUT2D eigenvalue weighted by Gasteiger charge is 2.30. The van der Waals surface area contributed by atoms with Gasteiger partial charge < -0.3 is 15.0 Å². The van der Waals surface area contributed by atoms with Crippen molar-refractivity contribution in [1.29, 1.82) is 0 Å². The minimum atomic E-state index is -0.541. The first-order valence-electron chi connectivity index (χ1n) is 8.07. The highest BCUT2D eigenvalue weighted by molar-refractivity contribution is 6.04. The predicted octanol–water partition coefficient (Wildman–Crippen LogP) is 2.50. The van der Waals surface area contributed by atoms with Gasteiger partial charge in [-0.15, -0.1) is 0 Å². The van der Waals surface area contributed by atoms with E-state index in [0.717, 1.165) is 27.8 Å². The van der Waals surface area contributed by atoms with Gasteiger partial charge in [0.15, 0.2) is 0 Å². The lowest BCUT2D eigenvalue weighted by Gasteiger charge is -2.08. The van der Waals surface area contributed by atoms with Crippen LogP contribution >= 0.6 is 0 Å². The Hall–Kier alpha value is -3.28. The lowest BCUT2D eigenvalue weighted by atomic mass is 10.1. The van der Waals surface area contributed by atoms with Crippen LogP contribution in [0.15, 0.2) is 54.7 Å². The second kappa shape index (κ2) is 6.32. The first-order valence-corrected chi connectivity index (χ1v) is 8.07. The van der Waals surface area contributed by atoms with Gasteiger partial charge in [0.25, 0.3) is 5.91 Å². The summed E-state index contributed by atoms with van der Waals surface area (Å²) in [7, 11) is 0. The van der Waals surface area contributed by atoms with Crippen molar-refractivity contribution in [2.75, 3.05) is 0 Å². The Bertz CT molecular complexity index is 933. The number of carbonyl (C=O) groups excluding carboxylic acids is 2. The van der Waals surface area contributed by atoms with Crippen molar-refractivity contribution in [3.63, 3.8) is 0 Å². The van der Waals surface area contributed by atoms with Crippen molar-refractivity contribution < 1.29 is 14.3 Å². The molecule has 0 saturated carbocycles. The number of nitrogens with one attached hydrogen (secondary N) is 3. The molecule has 4 rings (SSSR count). The fraction of sp³-hybridized carbons (Fsp3) is 0.158. The van der Waals surface area contributed by atoms with E-state index in [9.17, 15) is 9.59 Å². The summed E-state index contributed by atoms with van der Waals surface area (Å²) in [6, 6.07) is 14.8. The minimum absolute atomic E-state index is 0.296. The van der Waals surface area contributed by atoms with Crippen LogP contribution in [0.4, 0.5) is 4.79 Å². The summed E-state index contributed by atoms with van der Waals surface area (Å²) >= 11 is 0. The van der Waals surface area contributed by atoms with Crippen LogP contribution in [0, 0.1) is 0 Å². The van der Waals surface area contributed by atoms with Crippen LogP contribution in [0.25, 0.3) is 10.9 Å². The number of imide groups is 1. The van der Waals surface area contributed by atoms with Gasteiger partial charge >= 0.3 is 6.03 Å². The van der Waals surface area contributed by atoms with Crippen LogP contribution in [-0.2, 0) is 17.8 Å². The van der Waals surface area contributed by atoms with Crippen LogP contribution in [0.3, 0.4) is 0 Å². The van der Waals surface area contributed by atoms with E-state index in [0.29, 0.717) is 13.0 Å². The summed E-state index contributed by atoms with van der Waals surface area (Å²) in [5.74, 6) is 0.466. The summed E-state index contributed by atoms with van der Waals surface area (Å²) in [6.07, 6.45) is 2.29. The number of urea groups is 1. The Morgan fingerprint density at radius 1 is 1.04 bits per heavy atom. The number of aromatic nitrogens is 1. The Morgan fingerprint density at radius 2 is 1.88 bits per heavy atom. The maximum absolute atomic E-state index is 11.7. The summed E-state index contributed by atoms with van der Waals surface area (Å²) in [5, 5.41) is 5.86. The zero-order valence-electron chi connectivity index (χ0n) is 13.4. The molecule has 126 valence electrons. The van der Waals surface area contributed by atoms with E-state index in [2.05, 4.69) is 15.6 Å². The molecule has 6 heteroatoms. The first-order chi connectivity index (χ1) is 12.2. The van der Waals surface area contributed by atoms with Crippen LogP contribution < -0.4 is 15.4 Å². The number of benzene rings is 2. The third kappa shape index (κ3) is 3.19. The van der Waals surface area contributed by atoms with E-state index >= 15 is 0 Å². The average molecular weight is 335 g/mol. The predicted molar refractivity (Wildman–Crippen MR) is 93.2 cm³/mol. The number of hydrogen-bond acceptors (Lipinski definition) is 3. The molecule has 1 aliphatic rings. The molecule has 3 N–H and O–H groups in total. The number of ether oxygens (including phenoxy) is 1. The van der Waals surface area contributed by atoms with Crippen LogP contribution in [0.2, 0.25) is 0 Å². The van der Waals surface area contributed by atoms with E-state index < -0.39 is 12.1 Å². The van der Waals surface area contributed by atoms with Gasteiger partial charge in [-0.05, 0) is 29.3 Å². The molecular weight excluding hydrogens is 318 g/mol. The molecule has 1 atom stereocenters. The van der Waals surface area contributed by atoms with E-state index in [1.54, 1.807) is 0 Å². The second-order valence-electron chi connectivity index (χ2n) is 6.01. The number of amides is 3. The maximum Gasteiger partial charge on any atom is 0.322 e. The maximum atomic E-state index is 11.7. The normalized spacial score (nSPS) is 16.7. The molecule has 0 aliphatic carbocycles. The standard InChI is InChI=1S/C19H17N3O3/c23-18-17(21-19(24)22-18)8-13-10-20-16-7-6-14(9-15(13)16)25-11-12-4-2-1-3-5-12/h1-7,9-10,17,20H,8,11H2,(H2,21,22,23,24). The SMILES string of the molecule is O=C1NC(=O)C(Cc2c[nH]c3ccc(OCc4ccccc4)cc23)N1. The minimum Gasteiger partial charge on any atom is -0.489 e. The number of fused-ring (bicyclic) bond motifs is 1. The number of hydrogen-bond donors (Lipinski definition) is 3. The molecule has 2 aromatic carbocycles. The van der Waals surface area contributed by atoms with Crippen molar-refractivity contribution in [2.24, 2.45) is 0 Å². The smallest absolute Gasteiger partial charge is 0.322 e. The molecule has 1 unspecified atom stereocenters. The molecule has 0 radical (unpaired) electrons. The molecule has 1 aliphatic heterocycles. The summed E-state index contributed by atoms with van der Waals surface area (Å²) in [6.45, 7) is 0.493. The second-order valence-corrected chi connectivity index (χ2v) is 6.01. The van der Waals surface area contributed by atoms with Crippen molar-refractivity contribution in [2.45, 2.75) is 19.1 Å². The van der Waals surface area contributed by atoms with E-state index in [-0.39, 0.29) is 5.91 Å². The zero-order valence-corrected chi connectivity index (χ0v) is 13.4. The average Bonchev–Trinajstić information content (AvgIpc) is 3.17. The highest BCUT2D eigenvalue weighted by Crippen LogP contribution is 2.25. The van der Waals surface area contributed by atoms with Crippen LogP contribution in [-0.4, -0.2) is 23.0 Å². The highest BCUT2D eigenvalue weighted by atomic mass is 16.5. The molecular formula is C19H17N3O3.